The number of rotatable bonds is 7. The Kier molecular flexibility index (Phi) is 7.29. The van der Waals surface area contributed by atoms with Crippen molar-refractivity contribution in [2.75, 3.05) is 30.9 Å². The number of likely N-dealkylation sites (tertiary alicyclic amines) is 1. The topological polar surface area (TPSA) is 124 Å². The third-order valence-corrected chi connectivity index (χ3v) is 7.55. The van der Waals surface area contributed by atoms with Gasteiger partial charge in [0.05, 0.1) is 17.8 Å². The van der Waals surface area contributed by atoms with Gasteiger partial charge in [-0.2, -0.15) is 10.4 Å². The summed E-state index contributed by atoms with van der Waals surface area (Å²) in [6.07, 6.45) is 11.4. The minimum absolute atomic E-state index is 0.194. The average molecular weight is 562 g/mol. The van der Waals surface area contributed by atoms with Gasteiger partial charge in [-0.3, -0.25) is 19.4 Å². The molecule has 0 bridgehead atoms. The molecule has 212 valence electrons. The molecule has 1 amide bonds. The smallest absolute Gasteiger partial charge is 0.248 e. The highest BCUT2D eigenvalue weighted by molar-refractivity contribution is 5.99. The van der Waals surface area contributed by atoms with Crippen LogP contribution in [0.3, 0.4) is 0 Å². The van der Waals surface area contributed by atoms with Gasteiger partial charge in [-0.05, 0) is 81.4 Å². The normalized spacial score (nSPS) is 16.8. The number of hydrogen-bond acceptors (Lipinski definition) is 9. The van der Waals surface area contributed by atoms with Crippen molar-refractivity contribution in [2.24, 2.45) is 12.0 Å². The van der Waals surface area contributed by atoms with Crippen LogP contribution in [0.1, 0.15) is 18.4 Å². The van der Waals surface area contributed by atoms with E-state index in [0.717, 1.165) is 47.0 Å². The largest absolute Gasteiger partial charge is 0.455 e. The molecule has 2 aromatic heterocycles. The maximum atomic E-state index is 12.7. The molecule has 1 atom stereocenters. The molecule has 1 fully saturated rings. The molecule has 4 aromatic rings. The van der Waals surface area contributed by atoms with Crippen LogP contribution in [0.25, 0.3) is 16.9 Å². The zero-order chi connectivity index (χ0) is 29.2. The summed E-state index contributed by atoms with van der Waals surface area (Å²) in [4.78, 5) is 25.4. The fourth-order valence-electron chi connectivity index (χ4n) is 5.27. The minimum Gasteiger partial charge on any atom is -0.455 e. The molecule has 1 saturated heterocycles. The van der Waals surface area contributed by atoms with E-state index in [4.69, 9.17) is 4.74 Å². The van der Waals surface area contributed by atoms with Gasteiger partial charge in [-0.15, -0.1) is 0 Å². The summed E-state index contributed by atoms with van der Waals surface area (Å²) in [5.74, 6) is 1.69. The van der Waals surface area contributed by atoms with Crippen LogP contribution < -0.4 is 25.9 Å². The number of pyridine rings is 1. The van der Waals surface area contributed by atoms with Crippen molar-refractivity contribution < 1.29 is 9.53 Å². The van der Waals surface area contributed by atoms with E-state index in [1.807, 2.05) is 62.5 Å². The Hall–Kier alpha value is -5.21. The maximum Gasteiger partial charge on any atom is 0.248 e. The second-order valence-electron chi connectivity index (χ2n) is 10.5. The summed E-state index contributed by atoms with van der Waals surface area (Å²) >= 11 is 0. The number of ether oxygens (including phenoxy) is 1. The number of fused-ring (bicyclic) bond motifs is 2. The van der Waals surface area contributed by atoms with Crippen molar-refractivity contribution in [1.82, 2.24) is 24.6 Å². The van der Waals surface area contributed by atoms with Crippen LogP contribution in [0.5, 0.6) is 11.5 Å². The van der Waals surface area contributed by atoms with Crippen molar-refractivity contribution >= 4 is 34.1 Å². The van der Waals surface area contributed by atoms with Crippen molar-refractivity contribution in [3.05, 3.63) is 83.1 Å². The van der Waals surface area contributed by atoms with Crippen LogP contribution >= 0.6 is 0 Å². The number of amides is 1. The minimum atomic E-state index is -0.196. The quantitative estimate of drug-likeness (QED) is 0.261. The van der Waals surface area contributed by atoms with Crippen molar-refractivity contribution in [3.8, 4) is 17.7 Å². The number of nitrogens with zero attached hydrogens (tertiary/aromatic N) is 7. The number of hydrogen-bond donors (Lipinski definition) is 2. The SMILES string of the molecule is Cc1cc(NC2=c3cc(NC(=O)/C=C/[C@H]4CCCN4C)ccc3=NCN2C#N)ccc1Oc1cnc2c(cnn2C)c1. The van der Waals surface area contributed by atoms with Crippen molar-refractivity contribution in [3.63, 3.8) is 0 Å². The summed E-state index contributed by atoms with van der Waals surface area (Å²) in [7, 11) is 3.92. The van der Waals surface area contributed by atoms with Crippen LogP contribution in [-0.4, -0.2) is 56.8 Å². The van der Waals surface area contributed by atoms with E-state index in [1.165, 1.54) is 4.90 Å². The summed E-state index contributed by atoms with van der Waals surface area (Å²) in [6, 6.07) is 13.4. The van der Waals surface area contributed by atoms with Crippen molar-refractivity contribution in [1.29, 1.82) is 5.26 Å². The lowest BCUT2D eigenvalue weighted by atomic mass is 10.1. The lowest BCUT2D eigenvalue weighted by Gasteiger charge is -2.23. The van der Waals surface area contributed by atoms with Gasteiger partial charge in [-0.1, -0.05) is 6.08 Å². The first kappa shape index (κ1) is 27.0. The molecule has 2 N–H and O–H groups in total. The third kappa shape index (κ3) is 5.53. The number of nitrogens with one attached hydrogen (secondary N) is 2. The second-order valence-corrected chi connectivity index (χ2v) is 10.5. The molecule has 0 spiro atoms. The molecule has 42 heavy (non-hydrogen) atoms. The zero-order valence-corrected chi connectivity index (χ0v) is 23.7. The van der Waals surface area contributed by atoms with Gasteiger partial charge >= 0.3 is 0 Å². The average Bonchev–Trinajstić information content (AvgIpc) is 3.57. The number of aromatic nitrogens is 3. The highest BCUT2D eigenvalue weighted by atomic mass is 16.5. The number of carbonyl (C=O) groups excluding carboxylic acids is 1. The second kappa shape index (κ2) is 11.3. The first-order valence-corrected chi connectivity index (χ1v) is 13.8. The van der Waals surface area contributed by atoms with Crippen LogP contribution in [0.2, 0.25) is 0 Å². The Morgan fingerprint density at radius 2 is 2.00 bits per heavy atom. The van der Waals surface area contributed by atoms with Gasteiger partial charge in [0.15, 0.2) is 11.8 Å². The Balaban J connectivity index is 1.24. The summed E-state index contributed by atoms with van der Waals surface area (Å²) < 4.78 is 7.84. The van der Waals surface area contributed by atoms with E-state index in [9.17, 15) is 10.1 Å². The van der Waals surface area contributed by atoms with Crippen LogP contribution in [0.15, 0.2) is 72.0 Å². The first-order valence-electron chi connectivity index (χ1n) is 13.8. The van der Waals surface area contributed by atoms with Gasteiger partial charge in [0, 0.05) is 41.1 Å². The molecule has 0 unspecified atom stereocenters. The van der Waals surface area contributed by atoms with E-state index in [-0.39, 0.29) is 18.6 Å². The highest BCUT2D eigenvalue weighted by Crippen LogP contribution is 2.29. The lowest BCUT2D eigenvalue weighted by molar-refractivity contribution is -0.111. The fourth-order valence-corrected chi connectivity index (χ4v) is 5.27. The van der Waals surface area contributed by atoms with Crippen LogP contribution in [0, 0.1) is 18.4 Å². The van der Waals surface area contributed by atoms with E-state index in [1.54, 1.807) is 23.2 Å². The maximum absolute atomic E-state index is 12.7. The zero-order valence-electron chi connectivity index (χ0n) is 23.7. The number of aryl methyl sites for hydroxylation is 2. The number of carbonyl (C=O) groups is 1. The summed E-state index contributed by atoms with van der Waals surface area (Å²) in [5, 5.41) is 22.8. The molecule has 6 rings (SSSR count). The van der Waals surface area contributed by atoms with Crippen LogP contribution in [-0.2, 0) is 11.8 Å². The van der Waals surface area contributed by atoms with Gasteiger partial charge < -0.3 is 15.4 Å². The van der Waals surface area contributed by atoms with E-state index >= 15 is 0 Å². The number of benzene rings is 2. The highest BCUT2D eigenvalue weighted by Gasteiger charge is 2.19. The van der Waals surface area contributed by atoms with Gasteiger partial charge in [-0.25, -0.2) is 9.88 Å². The fraction of sp³-hybridized carbons (Fsp3) is 0.258. The van der Waals surface area contributed by atoms with Crippen molar-refractivity contribution in [2.45, 2.75) is 25.8 Å². The molecule has 0 aliphatic carbocycles. The predicted molar refractivity (Wildman–Crippen MR) is 160 cm³/mol. The van der Waals surface area contributed by atoms with Gasteiger partial charge in [0.25, 0.3) is 0 Å². The molecule has 0 radical (unpaired) electrons. The predicted octanol–water partition coefficient (Wildman–Crippen LogP) is 3.21. The Morgan fingerprint density at radius 3 is 2.79 bits per heavy atom. The molecule has 2 aromatic carbocycles. The van der Waals surface area contributed by atoms with E-state index in [0.29, 0.717) is 28.2 Å². The molecule has 11 nitrogen and oxygen atoms in total. The van der Waals surface area contributed by atoms with Gasteiger partial charge in [0.2, 0.25) is 5.91 Å². The number of likely N-dealkylation sites (N-methyl/N-ethyl adjacent to an activating group) is 1. The summed E-state index contributed by atoms with van der Waals surface area (Å²) in [6.45, 7) is 3.19. The standard InChI is InChI=1S/C31H31N9O2/c1-20-13-22(7-10-28(20)42-25-14-21-16-35-39(3)30(21)33-17-25)37-31-26-15-23(6-9-27(26)34-19-40(31)18-32)36-29(41)11-8-24-5-4-12-38(24)2/h6-11,13-17,24,37H,4-5,12,19H2,1-3H3,(H,36,41)/b11-8+/t24-/m1/s1. The Labute approximate surface area is 243 Å². The molecule has 4 heterocycles. The molecule has 11 heteroatoms. The third-order valence-electron chi connectivity index (χ3n) is 7.55. The molecule has 0 saturated carbocycles. The number of anilines is 2. The molecular weight excluding hydrogens is 530 g/mol. The Bertz CT molecular complexity index is 1870. The Morgan fingerprint density at radius 1 is 1.14 bits per heavy atom. The molecular formula is C31H31N9O2. The summed E-state index contributed by atoms with van der Waals surface area (Å²) in [5.41, 5.74) is 3.09. The van der Waals surface area contributed by atoms with E-state index < -0.39 is 0 Å². The monoisotopic (exact) mass is 561 g/mol. The lowest BCUT2D eigenvalue weighted by Crippen LogP contribution is -2.41. The molecule has 2 aliphatic rings. The van der Waals surface area contributed by atoms with E-state index in [2.05, 4.69) is 43.8 Å². The first-order chi connectivity index (χ1) is 20.4. The van der Waals surface area contributed by atoms with Gasteiger partial charge in [0.1, 0.15) is 24.0 Å². The van der Waals surface area contributed by atoms with Crippen LogP contribution in [0.4, 0.5) is 11.4 Å². The molecule has 2 aliphatic heterocycles. The number of nitriles is 1.